The van der Waals surface area contributed by atoms with Gasteiger partial charge in [-0.25, -0.2) is 22.4 Å². The average Bonchev–Trinajstić information content (AvgIpc) is 2.15. The van der Waals surface area contributed by atoms with Crippen molar-refractivity contribution in [2.75, 3.05) is 0 Å². The van der Waals surface area contributed by atoms with Crippen molar-refractivity contribution in [3.63, 3.8) is 0 Å². The Morgan fingerprint density at radius 3 is 1.65 bits per heavy atom. The molecule has 11 heteroatoms. The van der Waals surface area contributed by atoms with Crippen molar-refractivity contribution in [2.24, 2.45) is 0 Å². The number of alkyl halides is 6. The van der Waals surface area contributed by atoms with Gasteiger partial charge in [-0.2, -0.15) is 17.6 Å². The van der Waals surface area contributed by atoms with Gasteiger partial charge in [-0.15, -0.1) is 0 Å². The fraction of sp³-hybridized carbons (Fsp3) is 1.00. The molecule has 0 spiro atoms. The summed E-state index contributed by atoms with van der Waals surface area (Å²) in [5, 5.41) is 0. The first kappa shape index (κ1) is 14.7. The van der Waals surface area contributed by atoms with Crippen molar-refractivity contribution >= 4 is 7.82 Å². The molecule has 1 aliphatic rings. The van der Waals surface area contributed by atoms with Gasteiger partial charge in [0.1, 0.15) is 0 Å². The molecule has 1 saturated heterocycles. The third-order valence-electron chi connectivity index (χ3n) is 2.03. The van der Waals surface area contributed by atoms with Gasteiger partial charge in [-0.05, 0) is 13.8 Å². The zero-order valence-electron chi connectivity index (χ0n) is 8.39. The minimum absolute atomic E-state index is 0.210. The normalized spacial score (nSPS) is 44.1. The Morgan fingerprint density at radius 1 is 1.06 bits per heavy atom. The molecule has 0 bridgehead atoms. The first-order valence-electron chi connectivity index (χ1n) is 4.04. The van der Waals surface area contributed by atoms with Crippen molar-refractivity contribution in [3.05, 3.63) is 0 Å². The first-order valence-corrected chi connectivity index (χ1v) is 5.54. The van der Waals surface area contributed by atoms with Crippen LogP contribution >= 0.6 is 7.82 Å². The fourth-order valence-electron chi connectivity index (χ4n) is 1.18. The van der Waals surface area contributed by atoms with E-state index >= 15 is 0 Å². The minimum atomic E-state index is -6.10. The molecule has 1 rings (SSSR count). The molecule has 0 aromatic rings. The van der Waals surface area contributed by atoms with Crippen molar-refractivity contribution in [3.8, 4) is 0 Å². The summed E-state index contributed by atoms with van der Waals surface area (Å²) in [6, 6.07) is 0. The third kappa shape index (κ3) is 1.96. The average molecular weight is 288 g/mol. The van der Waals surface area contributed by atoms with E-state index in [2.05, 4.69) is 9.05 Å². The molecule has 0 saturated carbocycles. The lowest BCUT2D eigenvalue weighted by Crippen LogP contribution is -2.63. The quantitative estimate of drug-likeness (QED) is 0.595. The van der Waals surface area contributed by atoms with Gasteiger partial charge in [-0.3, -0.25) is 0 Å². The molecule has 0 aromatic heterocycles. The zero-order chi connectivity index (χ0) is 13.9. The second kappa shape index (κ2) is 3.37. The molecule has 4 nitrogen and oxygen atoms in total. The van der Waals surface area contributed by atoms with Gasteiger partial charge in [0.05, 0.1) is 0 Å². The van der Waals surface area contributed by atoms with Gasteiger partial charge >= 0.3 is 25.7 Å². The summed E-state index contributed by atoms with van der Waals surface area (Å²) in [5.74, 6) is -10.2. The van der Waals surface area contributed by atoms with E-state index in [0.717, 1.165) is 0 Å². The van der Waals surface area contributed by atoms with Gasteiger partial charge in [0.25, 0.3) is 0 Å². The molecule has 1 heterocycles. The number of phosphoric acid groups is 1. The van der Waals surface area contributed by atoms with Crippen LogP contribution in [0.2, 0.25) is 0 Å². The van der Waals surface area contributed by atoms with E-state index in [9.17, 15) is 30.9 Å². The Morgan fingerprint density at radius 2 is 1.41 bits per heavy atom. The molecule has 0 radical (unpaired) electrons. The molecule has 1 N–H and O–H groups in total. The van der Waals surface area contributed by atoms with Crippen LogP contribution in [0.3, 0.4) is 0 Å². The van der Waals surface area contributed by atoms with Crippen LogP contribution in [0.5, 0.6) is 0 Å². The van der Waals surface area contributed by atoms with Gasteiger partial charge in [0.15, 0.2) is 5.67 Å². The summed E-state index contributed by atoms with van der Waals surface area (Å²) in [4.78, 5) is 8.56. The van der Waals surface area contributed by atoms with Gasteiger partial charge < -0.3 is 4.89 Å². The second-order valence-corrected chi connectivity index (χ2v) is 5.11. The summed E-state index contributed by atoms with van der Waals surface area (Å²) in [6.45, 7) is 0.420. The highest BCUT2D eigenvalue weighted by atomic mass is 31.2. The monoisotopic (exact) mass is 288 g/mol. The first-order chi connectivity index (χ1) is 7.16. The molecular weight excluding hydrogens is 281 g/mol. The molecule has 17 heavy (non-hydrogen) atoms. The molecule has 1 aliphatic heterocycles. The summed E-state index contributed by atoms with van der Waals surface area (Å²) in [6.07, 6.45) is -6.10. The summed E-state index contributed by atoms with van der Waals surface area (Å²) in [7, 11) is -5.69. The Kier molecular flexibility index (Phi) is 2.93. The summed E-state index contributed by atoms with van der Waals surface area (Å²) < 4.78 is 94.4. The number of rotatable bonds is 1. The highest BCUT2D eigenvalue weighted by Crippen LogP contribution is 2.69. The van der Waals surface area contributed by atoms with Crippen molar-refractivity contribution in [1.82, 2.24) is 0 Å². The van der Waals surface area contributed by atoms with Crippen LogP contribution in [0.4, 0.5) is 26.3 Å². The third-order valence-corrected chi connectivity index (χ3v) is 2.99. The van der Waals surface area contributed by atoms with E-state index in [1.807, 2.05) is 0 Å². The van der Waals surface area contributed by atoms with Gasteiger partial charge in [-0.1, -0.05) is 0 Å². The molecule has 3 unspecified atom stereocenters. The van der Waals surface area contributed by atoms with Crippen LogP contribution in [-0.2, 0) is 13.6 Å². The zero-order valence-corrected chi connectivity index (χ0v) is 9.28. The Labute approximate surface area is 91.1 Å². The van der Waals surface area contributed by atoms with E-state index in [1.165, 1.54) is 0 Å². The van der Waals surface area contributed by atoms with Crippen LogP contribution in [0, 0.1) is 0 Å². The topological polar surface area (TPSA) is 55.8 Å². The van der Waals surface area contributed by atoms with Crippen LogP contribution < -0.4 is 0 Å². The van der Waals surface area contributed by atoms with Crippen LogP contribution in [-0.4, -0.2) is 28.4 Å². The predicted octanol–water partition coefficient (Wildman–Crippen LogP) is 2.78. The maximum Gasteiger partial charge on any atom is 0.478 e. The molecule has 0 aromatic carbocycles. The molecule has 0 aliphatic carbocycles. The maximum atomic E-state index is 13.7. The Hall–Kier alpha value is -0.310. The van der Waals surface area contributed by atoms with Gasteiger partial charge in [0, 0.05) is 0 Å². The molecule has 1 fully saturated rings. The summed E-state index contributed by atoms with van der Waals surface area (Å²) in [5.41, 5.74) is -3.58. The van der Waals surface area contributed by atoms with Crippen molar-refractivity contribution < 1.29 is 44.8 Å². The van der Waals surface area contributed by atoms with E-state index in [4.69, 9.17) is 4.89 Å². The van der Waals surface area contributed by atoms with E-state index in [1.54, 1.807) is 0 Å². The van der Waals surface area contributed by atoms with Crippen LogP contribution in [0.15, 0.2) is 0 Å². The largest absolute Gasteiger partial charge is 0.478 e. The SMILES string of the molecule is CC(C)(F)C1(F)OP(=O)(O)OC1(F)C(F)(F)F. The number of halogens is 6. The molecule has 102 valence electrons. The Balaban J connectivity index is 3.43. The van der Waals surface area contributed by atoms with Crippen LogP contribution in [0.1, 0.15) is 13.8 Å². The summed E-state index contributed by atoms with van der Waals surface area (Å²) >= 11 is 0. The van der Waals surface area contributed by atoms with Crippen molar-refractivity contribution in [2.45, 2.75) is 37.4 Å². The minimum Gasteiger partial charge on any atom is -0.302 e. The van der Waals surface area contributed by atoms with E-state index < -0.39 is 31.4 Å². The lowest BCUT2D eigenvalue weighted by Gasteiger charge is -2.36. The van der Waals surface area contributed by atoms with Crippen LogP contribution in [0.25, 0.3) is 0 Å². The van der Waals surface area contributed by atoms with E-state index in [0.29, 0.717) is 0 Å². The van der Waals surface area contributed by atoms with E-state index in [-0.39, 0.29) is 13.8 Å². The van der Waals surface area contributed by atoms with Crippen molar-refractivity contribution in [1.29, 1.82) is 0 Å². The Bertz CT molecular complexity index is 346. The lowest BCUT2D eigenvalue weighted by molar-refractivity contribution is -0.379. The smallest absolute Gasteiger partial charge is 0.302 e. The molecular formula is C6H7F6O4P. The standard InChI is InChI=1S/C6H7F6O4P/c1-3(2,7)4(8)5(9,6(10,11)12)16-17(13,14)15-4/h1-2H3,(H,13,14). The molecule has 0 amide bonds. The number of hydrogen-bond acceptors (Lipinski definition) is 3. The lowest BCUT2D eigenvalue weighted by atomic mass is 9.93. The number of hydrogen-bond donors (Lipinski definition) is 1. The molecule has 3 atom stereocenters. The van der Waals surface area contributed by atoms with Gasteiger partial charge in [0.2, 0.25) is 0 Å². The second-order valence-electron chi connectivity index (χ2n) is 3.81. The highest BCUT2D eigenvalue weighted by molar-refractivity contribution is 7.47. The highest BCUT2D eigenvalue weighted by Gasteiger charge is 2.85. The fourth-order valence-corrected chi connectivity index (χ4v) is 2.41. The maximum absolute atomic E-state index is 13.7. The predicted molar refractivity (Wildman–Crippen MR) is 40.9 cm³/mol. The number of phosphoric ester groups is 1.